The number of benzene rings is 1. The van der Waals surface area contributed by atoms with Crippen LogP contribution in [0.15, 0.2) is 36.4 Å². The molecule has 1 rings (SSSR count). The van der Waals surface area contributed by atoms with E-state index >= 15 is 0 Å². The fourth-order valence-corrected chi connectivity index (χ4v) is 1.02. The Labute approximate surface area is 109 Å². The second-order valence-electron chi connectivity index (χ2n) is 4.01. The van der Waals surface area contributed by atoms with Gasteiger partial charge in [0.2, 0.25) is 5.91 Å². The zero-order valence-electron chi connectivity index (χ0n) is 11.3. The van der Waals surface area contributed by atoms with E-state index in [1.807, 2.05) is 38.1 Å². The molecule has 1 N–H and O–H groups in total. The lowest BCUT2D eigenvalue weighted by Crippen LogP contribution is -2.24. The van der Waals surface area contributed by atoms with Crippen molar-refractivity contribution < 1.29 is 4.79 Å². The lowest BCUT2D eigenvalue weighted by atomic mass is 10.2. The fourth-order valence-electron chi connectivity index (χ4n) is 1.02. The smallest absolute Gasteiger partial charge is 0.246 e. The number of amides is 1. The van der Waals surface area contributed by atoms with Gasteiger partial charge >= 0.3 is 0 Å². The van der Waals surface area contributed by atoms with Crippen molar-refractivity contribution in [2.24, 2.45) is 0 Å². The van der Waals surface area contributed by atoms with E-state index in [2.05, 4.69) is 18.0 Å². The third kappa shape index (κ3) is 7.24. The lowest BCUT2D eigenvalue weighted by Gasteiger charge is -1.99. The third-order valence-electron chi connectivity index (χ3n) is 2.10. The number of carbonyl (C=O) groups excluding carboxylic acids is 1. The Hall–Kier alpha value is -2.08. The summed E-state index contributed by atoms with van der Waals surface area (Å²) in [4.78, 5) is 10.7. The first-order valence-corrected chi connectivity index (χ1v) is 5.91. The Kier molecular flexibility index (Phi) is 7.96. The van der Waals surface area contributed by atoms with Gasteiger partial charge in [0.1, 0.15) is 0 Å². The maximum absolute atomic E-state index is 10.7. The minimum absolute atomic E-state index is 0.0446. The van der Waals surface area contributed by atoms with Crippen LogP contribution < -0.4 is 5.32 Å². The topological polar surface area (TPSA) is 52.9 Å². The molecule has 0 bridgehead atoms. The molecule has 0 saturated carbocycles. The van der Waals surface area contributed by atoms with E-state index in [4.69, 9.17) is 5.26 Å². The van der Waals surface area contributed by atoms with Crippen LogP contribution in [0.25, 0.3) is 0 Å². The van der Waals surface area contributed by atoms with Crippen molar-refractivity contribution >= 4 is 5.91 Å². The van der Waals surface area contributed by atoms with Crippen LogP contribution in [-0.2, 0) is 4.79 Å². The highest BCUT2D eigenvalue weighted by molar-refractivity contribution is 5.91. The summed E-state index contributed by atoms with van der Waals surface area (Å²) in [5, 5.41) is 11.1. The second-order valence-corrected chi connectivity index (χ2v) is 4.01. The summed E-state index contributed by atoms with van der Waals surface area (Å²) in [5.41, 5.74) is 2.48. The van der Waals surface area contributed by atoms with Crippen molar-refractivity contribution in [1.82, 2.24) is 5.32 Å². The van der Waals surface area contributed by atoms with E-state index in [0.29, 0.717) is 5.57 Å². The van der Waals surface area contributed by atoms with E-state index in [-0.39, 0.29) is 5.91 Å². The molecule has 3 nitrogen and oxygen atoms in total. The van der Waals surface area contributed by atoms with E-state index in [1.165, 1.54) is 5.56 Å². The average Bonchev–Trinajstić information content (AvgIpc) is 2.37. The molecule has 1 amide bonds. The molecule has 0 aliphatic heterocycles. The van der Waals surface area contributed by atoms with Crippen molar-refractivity contribution in [3.8, 4) is 6.07 Å². The van der Waals surface area contributed by atoms with Crippen LogP contribution in [0.2, 0.25) is 0 Å². The molecule has 0 aromatic heterocycles. The molecule has 0 aliphatic carbocycles. The quantitative estimate of drug-likeness (QED) is 0.831. The van der Waals surface area contributed by atoms with Gasteiger partial charge in [0, 0.05) is 12.1 Å². The number of hydrogen-bond donors (Lipinski definition) is 1. The number of carbonyl (C=O) groups is 1. The van der Waals surface area contributed by atoms with Crippen molar-refractivity contribution in [1.29, 1.82) is 5.26 Å². The van der Waals surface area contributed by atoms with Crippen LogP contribution in [0.5, 0.6) is 0 Å². The molecule has 1 aromatic rings. The fraction of sp³-hybridized carbons (Fsp3) is 0.333. The van der Waals surface area contributed by atoms with Crippen molar-refractivity contribution in [2.75, 3.05) is 6.54 Å². The molecular weight excluding hydrogens is 224 g/mol. The maximum Gasteiger partial charge on any atom is 0.246 e. The van der Waals surface area contributed by atoms with Gasteiger partial charge in [-0.1, -0.05) is 31.2 Å². The van der Waals surface area contributed by atoms with Crippen LogP contribution in [0.3, 0.4) is 0 Å². The molecule has 0 heterocycles. The van der Waals surface area contributed by atoms with E-state index < -0.39 is 0 Å². The van der Waals surface area contributed by atoms with Crippen molar-refractivity contribution in [3.63, 3.8) is 0 Å². The highest BCUT2D eigenvalue weighted by Gasteiger charge is 1.96. The molecule has 18 heavy (non-hydrogen) atoms. The van der Waals surface area contributed by atoms with E-state index in [0.717, 1.165) is 18.5 Å². The van der Waals surface area contributed by atoms with E-state index in [9.17, 15) is 4.79 Å². The van der Waals surface area contributed by atoms with Gasteiger partial charge < -0.3 is 5.32 Å². The Morgan fingerprint density at radius 3 is 2.33 bits per heavy atom. The van der Waals surface area contributed by atoms with Gasteiger partial charge in [-0.25, -0.2) is 0 Å². The molecular formula is C15H20N2O. The number of nitrogens with zero attached hydrogens (tertiary/aromatic N) is 1. The molecule has 0 saturated heterocycles. The van der Waals surface area contributed by atoms with Gasteiger partial charge in [0.25, 0.3) is 0 Å². The van der Waals surface area contributed by atoms with Crippen molar-refractivity contribution in [3.05, 3.63) is 47.5 Å². The number of aryl methyl sites for hydroxylation is 1. The summed E-state index contributed by atoms with van der Waals surface area (Å²) in [6.45, 7) is 9.95. The molecule has 0 radical (unpaired) electrons. The van der Waals surface area contributed by atoms with Gasteiger partial charge in [-0.2, -0.15) is 5.26 Å². The zero-order chi connectivity index (χ0) is 14.0. The minimum atomic E-state index is -0.0446. The molecule has 0 aliphatic rings. The standard InChI is InChI=1S/C8H7N.C7H13NO/c1-7-2-4-8(6-9)5-3-7;1-4-5-8-7(9)6(2)3/h2-5H,1H3;2,4-5H2,1,3H3,(H,8,9). The zero-order valence-corrected chi connectivity index (χ0v) is 11.3. The van der Waals surface area contributed by atoms with Gasteiger partial charge in [0.15, 0.2) is 0 Å². The van der Waals surface area contributed by atoms with Gasteiger partial charge in [-0.3, -0.25) is 4.79 Å². The summed E-state index contributed by atoms with van der Waals surface area (Å²) >= 11 is 0. The van der Waals surface area contributed by atoms with Crippen LogP contribution in [0, 0.1) is 18.3 Å². The first-order chi connectivity index (χ1) is 8.51. The summed E-state index contributed by atoms with van der Waals surface area (Å²) in [5.74, 6) is -0.0446. The van der Waals surface area contributed by atoms with Crippen LogP contribution in [0.1, 0.15) is 31.4 Å². The highest BCUT2D eigenvalue weighted by atomic mass is 16.1. The Balaban J connectivity index is 0.000000321. The number of nitriles is 1. The number of nitrogens with one attached hydrogen (secondary N) is 1. The number of rotatable bonds is 3. The second kappa shape index (κ2) is 9.00. The summed E-state index contributed by atoms with van der Waals surface area (Å²) < 4.78 is 0. The summed E-state index contributed by atoms with van der Waals surface area (Å²) in [6, 6.07) is 9.54. The Morgan fingerprint density at radius 2 is 1.94 bits per heavy atom. The maximum atomic E-state index is 10.7. The predicted molar refractivity (Wildman–Crippen MR) is 74.0 cm³/mol. The first kappa shape index (κ1) is 15.9. The molecule has 96 valence electrons. The lowest BCUT2D eigenvalue weighted by molar-refractivity contribution is -0.117. The van der Waals surface area contributed by atoms with Crippen LogP contribution in [-0.4, -0.2) is 12.5 Å². The highest BCUT2D eigenvalue weighted by Crippen LogP contribution is 1.99. The SMILES string of the molecule is C=C(C)C(=O)NCCC.Cc1ccc(C#N)cc1. The normalized spacial score (nSPS) is 8.56. The summed E-state index contributed by atoms with van der Waals surface area (Å²) in [7, 11) is 0. The Morgan fingerprint density at radius 1 is 1.39 bits per heavy atom. The molecule has 0 unspecified atom stereocenters. The summed E-state index contributed by atoms with van der Waals surface area (Å²) in [6.07, 6.45) is 0.971. The monoisotopic (exact) mass is 244 g/mol. The van der Waals surface area contributed by atoms with E-state index in [1.54, 1.807) is 6.92 Å². The average molecular weight is 244 g/mol. The van der Waals surface area contributed by atoms with Crippen molar-refractivity contribution in [2.45, 2.75) is 27.2 Å². The molecule has 1 aromatic carbocycles. The largest absolute Gasteiger partial charge is 0.352 e. The van der Waals surface area contributed by atoms with Gasteiger partial charge in [0.05, 0.1) is 11.6 Å². The van der Waals surface area contributed by atoms with Crippen LogP contribution >= 0.6 is 0 Å². The molecule has 0 atom stereocenters. The number of hydrogen-bond acceptors (Lipinski definition) is 2. The Bertz CT molecular complexity index is 427. The third-order valence-corrected chi connectivity index (χ3v) is 2.10. The minimum Gasteiger partial charge on any atom is -0.352 e. The predicted octanol–water partition coefficient (Wildman–Crippen LogP) is 2.96. The first-order valence-electron chi connectivity index (χ1n) is 5.91. The van der Waals surface area contributed by atoms with Gasteiger partial charge in [-0.05, 0) is 32.4 Å². The van der Waals surface area contributed by atoms with Crippen LogP contribution in [0.4, 0.5) is 0 Å². The molecule has 3 heteroatoms. The molecule has 0 fully saturated rings. The van der Waals surface area contributed by atoms with Gasteiger partial charge in [-0.15, -0.1) is 0 Å². The molecule has 0 spiro atoms.